The van der Waals surface area contributed by atoms with Crippen molar-refractivity contribution in [1.82, 2.24) is 9.97 Å². The second kappa shape index (κ2) is 6.75. The van der Waals surface area contributed by atoms with Crippen LogP contribution in [0.3, 0.4) is 0 Å². The van der Waals surface area contributed by atoms with Crippen molar-refractivity contribution in [2.75, 3.05) is 37.0 Å². The highest BCUT2D eigenvalue weighted by atomic mass is 16.5. The molecule has 0 saturated heterocycles. The van der Waals surface area contributed by atoms with E-state index in [1.807, 2.05) is 13.0 Å². The molecular weight excluding hydrogens is 276 g/mol. The van der Waals surface area contributed by atoms with Gasteiger partial charge in [0.1, 0.15) is 17.5 Å². The van der Waals surface area contributed by atoms with Crippen molar-refractivity contribution in [1.29, 1.82) is 0 Å². The average molecular weight is 298 g/mol. The predicted molar refractivity (Wildman–Crippen MR) is 88.9 cm³/mol. The van der Waals surface area contributed by atoms with Crippen molar-refractivity contribution >= 4 is 17.3 Å². The third kappa shape index (κ3) is 3.20. The van der Waals surface area contributed by atoms with E-state index in [1.54, 1.807) is 7.11 Å². The van der Waals surface area contributed by atoms with E-state index in [1.165, 1.54) is 11.3 Å². The Hall–Kier alpha value is -2.14. The van der Waals surface area contributed by atoms with Crippen LogP contribution in [-0.4, -0.2) is 36.8 Å². The molecule has 0 saturated carbocycles. The Morgan fingerprint density at radius 3 is 3.00 bits per heavy atom. The van der Waals surface area contributed by atoms with Crippen molar-refractivity contribution < 1.29 is 4.74 Å². The summed E-state index contributed by atoms with van der Waals surface area (Å²) in [6.45, 7) is 4.32. The van der Waals surface area contributed by atoms with Crippen molar-refractivity contribution in [2.24, 2.45) is 0 Å². The number of methoxy groups -OCH3 is 1. The summed E-state index contributed by atoms with van der Waals surface area (Å²) < 4.78 is 5.07. The summed E-state index contributed by atoms with van der Waals surface area (Å²) in [7, 11) is 1.70. The molecule has 2 aromatic rings. The zero-order valence-corrected chi connectivity index (χ0v) is 13.2. The molecule has 0 fully saturated rings. The number of nitrogens with zero attached hydrogens (tertiary/aromatic N) is 3. The number of anilines is 3. The van der Waals surface area contributed by atoms with Gasteiger partial charge in [-0.05, 0) is 31.4 Å². The first kappa shape index (κ1) is 14.8. The molecule has 0 amide bonds. The molecule has 3 rings (SSSR count). The molecule has 1 aliphatic heterocycles. The lowest BCUT2D eigenvalue weighted by atomic mass is 10.0. The van der Waals surface area contributed by atoms with Crippen molar-refractivity contribution in [2.45, 2.75) is 19.8 Å². The lowest BCUT2D eigenvalue weighted by molar-refractivity contribution is 0.210. The summed E-state index contributed by atoms with van der Waals surface area (Å²) in [6.07, 6.45) is 2.28. The number of ether oxygens (including phenoxy) is 1. The van der Waals surface area contributed by atoms with Gasteiger partial charge in [-0.25, -0.2) is 9.97 Å². The van der Waals surface area contributed by atoms with Gasteiger partial charge in [0.05, 0.1) is 6.61 Å². The van der Waals surface area contributed by atoms with Crippen LogP contribution in [-0.2, 0) is 11.2 Å². The molecule has 0 aliphatic carbocycles. The Morgan fingerprint density at radius 2 is 2.14 bits per heavy atom. The van der Waals surface area contributed by atoms with Crippen molar-refractivity contribution in [3.63, 3.8) is 0 Å². The minimum Gasteiger partial charge on any atom is -0.383 e. The molecule has 1 aliphatic rings. The molecule has 0 bridgehead atoms. The van der Waals surface area contributed by atoms with E-state index >= 15 is 0 Å². The Labute approximate surface area is 131 Å². The summed E-state index contributed by atoms with van der Waals surface area (Å²) in [5, 5.41) is 3.29. The number of aryl methyl sites for hydroxylation is 2. The second-order valence-corrected chi connectivity index (χ2v) is 5.46. The molecule has 5 heteroatoms. The lowest BCUT2D eigenvalue weighted by Crippen LogP contribution is -2.25. The fraction of sp³-hybridized carbons (Fsp3) is 0.412. The van der Waals surface area contributed by atoms with Crippen LogP contribution in [0.2, 0.25) is 0 Å². The zero-order valence-electron chi connectivity index (χ0n) is 13.2. The molecule has 1 aromatic heterocycles. The first-order chi connectivity index (χ1) is 10.8. The van der Waals surface area contributed by atoms with E-state index in [9.17, 15) is 0 Å². The van der Waals surface area contributed by atoms with Crippen LogP contribution in [0.1, 0.15) is 17.8 Å². The highest BCUT2D eigenvalue weighted by Crippen LogP contribution is 2.32. The van der Waals surface area contributed by atoms with Crippen molar-refractivity contribution in [3.8, 4) is 0 Å². The number of hydrogen-bond donors (Lipinski definition) is 1. The Kier molecular flexibility index (Phi) is 4.53. The molecule has 0 atom stereocenters. The Bertz CT molecular complexity index is 644. The van der Waals surface area contributed by atoms with Gasteiger partial charge in [0.25, 0.3) is 0 Å². The fourth-order valence-electron chi connectivity index (χ4n) is 2.83. The van der Waals surface area contributed by atoms with Crippen LogP contribution >= 0.6 is 0 Å². The zero-order chi connectivity index (χ0) is 15.4. The number of aromatic nitrogens is 2. The molecule has 5 nitrogen and oxygen atoms in total. The summed E-state index contributed by atoms with van der Waals surface area (Å²) in [5.41, 5.74) is 2.65. The number of benzene rings is 1. The van der Waals surface area contributed by atoms with Gasteiger partial charge in [-0.1, -0.05) is 18.2 Å². The van der Waals surface area contributed by atoms with Gasteiger partial charge >= 0.3 is 0 Å². The van der Waals surface area contributed by atoms with E-state index in [0.29, 0.717) is 6.61 Å². The van der Waals surface area contributed by atoms with Crippen LogP contribution in [0.25, 0.3) is 0 Å². The predicted octanol–water partition coefficient (Wildman–Crippen LogP) is 2.93. The number of rotatable bonds is 5. The summed E-state index contributed by atoms with van der Waals surface area (Å²) in [6, 6.07) is 10.6. The van der Waals surface area contributed by atoms with Gasteiger partial charge in [-0.15, -0.1) is 0 Å². The largest absolute Gasteiger partial charge is 0.383 e. The topological polar surface area (TPSA) is 50.3 Å². The monoisotopic (exact) mass is 298 g/mol. The van der Waals surface area contributed by atoms with Gasteiger partial charge in [0.2, 0.25) is 0 Å². The van der Waals surface area contributed by atoms with Gasteiger partial charge in [0, 0.05) is 32.0 Å². The maximum atomic E-state index is 5.07. The third-order valence-corrected chi connectivity index (χ3v) is 3.82. The smallest absolute Gasteiger partial charge is 0.138 e. The standard InChI is InChI=1S/C17H22N4O/c1-13-19-16(18-9-11-22-2)12-17(20-13)21-10-5-7-14-6-3-4-8-15(14)21/h3-4,6,8,12H,5,7,9-11H2,1-2H3,(H,18,19,20). The molecule has 0 radical (unpaired) electrons. The van der Waals surface area contributed by atoms with Crippen LogP contribution in [0, 0.1) is 6.92 Å². The van der Waals surface area contributed by atoms with E-state index in [0.717, 1.165) is 43.4 Å². The quantitative estimate of drug-likeness (QED) is 0.860. The summed E-state index contributed by atoms with van der Waals surface area (Å²) >= 11 is 0. The first-order valence-corrected chi connectivity index (χ1v) is 7.72. The molecule has 0 unspecified atom stereocenters. The van der Waals surface area contributed by atoms with Crippen molar-refractivity contribution in [3.05, 3.63) is 41.7 Å². The minimum atomic E-state index is 0.658. The van der Waals surface area contributed by atoms with E-state index in [4.69, 9.17) is 4.74 Å². The SMILES string of the molecule is COCCNc1cc(N2CCCc3ccccc32)nc(C)n1. The van der Waals surface area contributed by atoms with Gasteiger partial charge in [-0.2, -0.15) is 0 Å². The molecule has 1 N–H and O–H groups in total. The van der Waals surface area contributed by atoms with Crippen LogP contribution in [0.5, 0.6) is 0 Å². The number of nitrogens with one attached hydrogen (secondary N) is 1. The Morgan fingerprint density at radius 1 is 1.27 bits per heavy atom. The fourth-order valence-corrected chi connectivity index (χ4v) is 2.83. The van der Waals surface area contributed by atoms with E-state index < -0.39 is 0 Å². The molecule has 2 heterocycles. The molecule has 22 heavy (non-hydrogen) atoms. The molecule has 0 spiro atoms. The normalized spacial score (nSPS) is 13.8. The van der Waals surface area contributed by atoms with Crippen LogP contribution in [0.15, 0.2) is 30.3 Å². The average Bonchev–Trinajstić information content (AvgIpc) is 2.54. The minimum absolute atomic E-state index is 0.658. The number of para-hydroxylation sites is 1. The maximum absolute atomic E-state index is 5.07. The van der Waals surface area contributed by atoms with Crippen LogP contribution < -0.4 is 10.2 Å². The number of hydrogen-bond acceptors (Lipinski definition) is 5. The highest BCUT2D eigenvalue weighted by Gasteiger charge is 2.19. The van der Waals surface area contributed by atoms with E-state index in [-0.39, 0.29) is 0 Å². The first-order valence-electron chi connectivity index (χ1n) is 7.72. The Balaban J connectivity index is 1.89. The van der Waals surface area contributed by atoms with E-state index in [2.05, 4.69) is 44.5 Å². The third-order valence-electron chi connectivity index (χ3n) is 3.82. The highest BCUT2D eigenvalue weighted by molar-refractivity contribution is 5.67. The van der Waals surface area contributed by atoms with Gasteiger partial charge in [-0.3, -0.25) is 0 Å². The lowest BCUT2D eigenvalue weighted by Gasteiger charge is -2.30. The number of fused-ring (bicyclic) bond motifs is 1. The molecule has 116 valence electrons. The summed E-state index contributed by atoms with van der Waals surface area (Å²) in [4.78, 5) is 11.4. The molecular formula is C17H22N4O. The maximum Gasteiger partial charge on any atom is 0.138 e. The van der Waals surface area contributed by atoms with Gasteiger partial charge in [0.15, 0.2) is 0 Å². The van der Waals surface area contributed by atoms with Crippen LogP contribution in [0.4, 0.5) is 17.3 Å². The molecule has 1 aromatic carbocycles. The second-order valence-electron chi connectivity index (χ2n) is 5.46. The van der Waals surface area contributed by atoms with Gasteiger partial charge < -0.3 is 15.0 Å². The summed E-state index contributed by atoms with van der Waals surface area (Å²) in [5.74, 6) is 2.59.